The van der Waals surface area contributed by atoms with Gasteiger partial charge in [0.15, 0.2) is 29.9 Å². The van der Waals surface area contributed by atoms with E-state index in [4.69, 9.17) is 15.2 Å². The number of carbonyl (C=O) groups is 3. The number of aliphatic hydroxyl groups is 2. The van der Waals surface area contributed by atoms with Gasteiger partial charge >= 0.3 is 6.09 Å². The van der Waals surface area contributed by atoms with E-state index in [0.717, 1.165) is 12.8 Å². The number of ether oxygens (including phenoxy) is 2. The van der Waals surface area contributed by atoms with Gasteiger partial charge in [0.1, 0.15) is 17.7 Å². The van der Waals surface area contributed by atoms with Gasteiger partial charge in [0, 0.05) is 26.1 Å². The van der Waals surface area contributed by atoms with Crippen LogP contribution >= 0.6 is 0 Å². The minimum absolute atomic E-state index is 0.0864. The second kappa shape index (κ2) is 11.0. The number of aromatic nitrogens is 4. The third-order valence-electron chi connectivity index (χ3n) is 7.03. The van der Waals surface area contributed by atoms with Gasteiger partial charge in [-0.25, -0.2) is 19.7 Å². The Morgan fingerprint density at radius 2 is 2.05 bits per heavy atom. The quantitative estimate of drug-likeness (QED) is 0.211. The fraction of sp³-hybridized carbons (Fsp3) is 0.583. The van der Waals surface area contributed by atoms with Crippen LogP contribution in [0, 0.1) is 17.8 Å². The van der Waals surface area contributed by atoms with E-state index in [2.05, 4.69) is 37.4 Å². The van der Waals surface area contributed by atoms with Crippen LogP contribution in [0.1, 0.15) is 38.2 Å². The largest absolute Gasteiger partial charge is 0.434 e. The number of aliphatic hydroxyl groups excluding tert-OH is 2. The number of nitrogens with one attached hydrogen (secondary N) is 2. The summed E-state index contributed by atoms with van der Waals surface area (Å²) in [6.07, 6.45) is -3.02. The number of nitrogens with zero attached hydrogens (tertiary/aromatic N) is 5. The maximum atomic E-state index is 12.2. The molecule has 15 nitrogen and oxygen atoms in total. The maximum Gasteiger partial charge on any atom is 0.410 e. The fourth-order valence-electron chi connectivity index (χ4n) is 4.72. The van der Waals surface area contributed by atoms with Crippen LogP contribution in [0.4, 0.5) is 10.6 Å². The predicted molar refractivity (Wildman–Crippen MR) is 133 cm³/mol. The Kier molecular flexibility index (Phi) is 7.51. The molecule has 15 heteroatoms. The molecule has 0 bridgehead atoms. The molecule has 3 aliphatic heterocycles. The predicted octanol–water partition coefficient (Wildman–Crippen LogP) is -1.75. The van der Waals surface area contributed by atoms with Crippen molar-refractivity contribution in [2.75, 3.05) is 31.9 Å². The van der Waals surface area contributed by atoms with Gasteiger partial charge in [-0.15, -0.1) is 0 Å². The molecule has 5 rings (SSSR count). The molecule has 1 unspecified atom stereocenters. The topological polar surface area (TPSA) is 207 Å². The van der Waals surface area contributed by atoms with Gasteiger partial charge in [0.25, 0.3) is 11.8 Å². The molecule has 0 spiro atoms. The number of anilines is 1. The highest BCUT2D eigenvalue weighted by Gasteiger charge is 2.47. The fourth-order valence-corrected chi connectivity index (χ4v) is 4.72. The second-order valence-electron chi connectivity index (χ2n) is 9.63. The lowest BCUT2D eigenvalue weighted by atomic mass is 9.94. The first-order valence-electron chi connectivity index (χ1n) is 12.8. The van der Waals surface area contributed by atoms with Gasteiger partial charge < -0.3 is 41.0 Å². The zero-order chi connectivity index (χ0) is 27.7. The number of nitrogen functional groups attached to an aromatic ring is 1. The van der Waals surface area contributed by atoms with Crippen molar-refractivity contribution in [2.45, 2.75) is 56.8 Å². The summed E-state index contributed by atoms with van der Waals surface area (Å²) in [5.74, 6) is 5.68. The summed E-state index contributed by atoms with van der Waals surface area (Å²) < 4.78 is 12.3. The first-order chi connectivity index (χ1) is 18.8. The van der Waals surface area contributed by atoms with Gasteiger partial charge in [-0.2, -0.15) is 0 Å². The number of likely N-dealkylation sites (N-methyl/N-ethyl adjacent to an activating group) is 1. The molecule has 0 aliphatic carbocycles. The van der Waals surface area contributed by atoms with Crippen LogP contribution in [0.25, 0.3) is 11.2 Å². The molecule has 5 atom stereocenters. The van der Waals surface area contributed by atoms with Crippen molar-refractivity contribution in [3.05, 3.63) is 12.2 Å². The third-order valence-corrected chi connectivity index (χ3v) is 7.03. The number of likely N-dealkylation sites (tertiary alicyclic amines) is 1. The Labute approximate surface area is 223 Å². The summed E-state index contributed by atoms with van der Waals surface area (Å²) in [5, 5.41) is 26.0. The van der Waals surface area contributed by atoms with Crippen LogP contribution in [0.15, 0.2) is 6.33 Å². The molecular formula is C24H30N8O7. The van der Waals surface area contributed by atoms with Gasteiger partial charge in [0.2, 0.25) is 5.82 Å². The van der Waals surface area contributed by atoms with Crippen molar-refractivity contribution >= 4 is 34.9 Å². The molecule has 39 heavy (non-hydrogen) atoms. The number of fused-ring (bicyclic) bond motifs is 1. The van der Waals surface area contributed by atoms with Gasteiger partial charge in [0.05, 0.1) is 12.9 Å². The Morgan fingerprint density at radius 1 is 1.28 bits per heavy atom. The summed E-state index contributed by atoms with van der Waals surface area (Å²) in [6, 6.07) is 0. The van der Waals surface area contributed by atoms with Crippen molar-refractivity contribution in [2.24, 2.45) is 5.92 Å². The van der Waals surface area contributed by atoms with Crippen LogP contribution in [0.5, 0.6) is 0 Å². The molecule has 3 amide bonds. The van der Waals surface area contributed by atoms with Crippen LogP contribution in [0.3, 0.4) is 0 Å². The molecule has 3 fully saturated rings. The van der Waals surface area contributed by atoms with Crippen LogP contribution < -0.4 is 16.4 Å². The first-order valence-corrected chi connectivity index (χ1v) is 12.8. The molecule has 2 aromatic heterocycles. The highest BCUT2D eigenvalue weighted by molar-refractivity contribution is 5.88. The highest BCUT2D eigenvalue weighted by atomic mass is 16.6. The third kappa shape index (κ3) is 5.31. The molecule has 0 radical (unpaired) electrons. The standard InChI is InChI=1S/C24H30N8O7/c1-2-26-22(36)18-16(33)17(34)23(39-18)32-11-28-15-19(25)29-14(30-20(15)32)5-3-4-12-6-8-31(9-7-12)24(37)38-13-10-27-21(13)35/h11-13,16-18,23,33-34H,2,4,6-10H2,1H3,(H,26,36)(H,27,35)(H2,25,29,30)/t13?,16-,17+,18-,23+/m0/s1. The molecule has 5 heterocycles. The van der Waals surface area contributed by atoms with Gasteiger partial charge in [-0.3, -0.25) is 14.2 Å². The summed E-state index contributed by atoms with van der Waals surface area (Å²) in [6.45, 7) is 3.46. The summed E-state index contributed by atoms with van der Waals surface area (Å²) in [4.78, 5) is 50.2. The normalized spacial score (nSPS) is 26.9. The number of piperidine rings is 1. The lowest BCUT2D eigenvalue weighted by molar-refractivity contribution is -0.138. The van der Waals surface area contributed by atoms with Crippen molar-refractivity contribution in [1.29, 1.82) is 0 Å². The molecule has 0 saturated carbocycles. The number of carbonyl (C=O) groups excluding carboxylic acids is 3. The SMILES string of the molecule is CCNC(=O)[C@H]1O[C@@H](n2cnc3c(N)nc(C#CCC4CCN(C(=O)OC5CNC5=O)CC4)nc32)[C@H](O)[C@@H]1O. The van der Waals surface area contributed by atoms with E-state index in [1.54, 1.807) is 11.8 Å². The van der Waals surface area contributed by atoms with Crippen molar-refractivity contribution < 1.29 is 34.1 Å². The second-order valence-corrected chi connectivity index (χ2v) is 9.63. The van der Waals surface area contributed by atoms with E-state index >= 15 is 0 Å². The van der Waals surface area contributed by atoms with E-state index in [0.29, 0.717) is 32.6 Å². The molecule has 6 N–H and O–H groups in total. The lowest BCUT2D eigenvalue weighted by Gasteiger charge is -2.33. The molecule has 3 aliphatic rings. The number of imidazole rings is 1. The van der Waals surface area contributed by atoms with Crippen molar-refractivity contribution in [3.8, 4) is 11.8 Å². The number of amides is 3. The van der Waals surface area contributed by atoms with Gasteiger partial charge in [-0.1, -0.05) is 5.92 Å². The van der Waals surface area contributed by atoms with E-state index in [9.17, 15) is 24.6 Å². The Hall–Kier alpha value is -4.00. The summed E-state index contributed by atoms with van der Waals surface area (Å²) in [7, 11) is 0. The highest BCUT2D eigenvalue weighted by Crippen LogP contribution is 2.32. The zero-order valence-corrected chi connectivity index (χ0v) is 21.2. The average molecular weight is 543 g/mol. The Balaban J connectivity index is 1.22. The van der Waals surface area contributed by atoms with Crippen LogP contribution in [0.2, 0.25) is 0 Å². The minimum Gasteiger partial charge on any atom is -0.434 e. The number of nitrogens with two attached hydrogens (primary N) is 1. The maximum absolute atomic E-state index is 12.2. The molecule has 208 valence electrons. The summed E-state index contributed by atoms with van der Waals surface area (Å²) in [5.41, 5.74) is 6.59. The average Bonchev–Trinajstić information content (AvgIpc) is 3.47. The minimum atomic E-state index is -1.44. The summed E-state index contributed by atoms with van der Waals surface area (Å²) >= 11 is 0. The Bertz CT molecular complexity index is 1330. The number of hydrogen-bond donors (Lipinski definition) is 5. The van der Waals surface area contributed by atoms with E-state index in [1.807, 2.05) is 0 Å². The van der Waals surface area contributed by atoms with Crippen LogP contribution in [-0.4, -0.2) is 103 Å². The molecule has 2 aromatic rings. The number of rotatable bonds is 5. The van der Waals surface area contributed by atoms with E-state index in [1.165, 1.54) is 10.9 Å². The molecule has 0 aromatic carbocycles. The number of β-lactam (4-membered cyclic amide) rings is 1. The van der Waals surface area contributed by atoms with E-state index in [-0.39, 0.29) is 34.6 Å². The van der Waals surface area contributed by atoms with Crippen LogP contribution in [-0.2, 0) is 19.1 Å². The Morgan fingerprint density at radius 3 is 2.72 bits per heavy atom. The lowest BCUT2D eigenvalue weighted by Crippen LogP contribution is -2.56. The zero-order valence-electron chi connectivity index (χ0n) is 21.2. The smallest absolute Gasteiger partial charge is 0.410 e. The molecular weight excluding hydrogens is 512 g/mol. The van der Waals surface area contributed by atoms with Gasteiger partial charge in [-0.05, 0) is 31.6 Å². The first kappa shape index (κ1) is 26.6. The number of hydrogen-bond acceptors (Lipinski definition) is 11. The van der Waals surface area contributed by atoms with E-state index < -0.39 is 42.6 Å². The molecule has 3 saturated heterocycles. The van der Waals surface area contributed by atoms with Crippen molar-refractivity contribution in [3.63, 3.8) is 0 Å². The monoisotopic (exact) mass is 542 g/mol. The van der Waals surface area contributed by atoms with Crippen molar-refractivity contribution in [1.82, 2.24) is 35.1 Å².